The smallest absolute Gasteiger partial charge is 0.224 e. The summed E-state index contributed by atoms with van der Waals surface area (Å²) in [7, 11) is 0. The molecular formula is C22H20FNO. The summed E-state index contributed by atoms with van der Waals surface area (Å²) in [5.41, 5.74) is 4.14. The number of benzene rings is 2. The summed E-state index contributed by atoms with van der Waals surface area (Å²) in [6, 6.07) is 16.5. The van der Waals surface area contributed by atoms with Crippen molar-refractivity contribution in [1.82, 2.24) is 5.32 Å². The van der Waals surface area contributed by atoms with Gasteiger partial charge < -0.3 is 5.32 Å². The molecule has 0 atom stereocenters. The van der Waals surface area contributed by atoms with Crippen molar-refractivity contribution >= 4 is 11.5 Å². The molecule has 0 bridgehead atoms. The second-order valence-electron chi connectivity index (χ2n) is 5.99. The number of amides is 1. The van der Waals surface area contributed by atoms with E-state index in [1.54, 1.807) is 12.1 Å². The Morgan fingerprint density at radius 3 is 2.68 bits per heavy atom. The summed E-state index contributed by atoms with van der Waals surface area (Å²) in [6.07, 6.45) is 9.29. The monoisotopic (exact) mass is 333 g/mol. The molecule has 2 aromatic carbocycles. The average Bonchev–Trinajstić information content (AvgIpc) is 2.86. The van der Waals surface area contributed by atoms with E-state index in [1.165, 1.54) is 23.3 Å². The molecule has 0 aromatic heterocycles. The number of allylic oxidation sites excluding steroid dienone is 5. The van der Waals surface area contributed by atoms with Gasteiger partial charge in [0, 0.05) is 6.54 Å². The Labute approximate surface area is 147 Å². The quantitative estimate of drug-likeness (QED) is 0.836. The largest absolute Gasteiger partial charge is 0.352 e. The van der Waals surface area contributed by atoms with Crippen molar-refractivity contribution < 1.29 is 9.18 Å². The maximum atomic E-state index is 13.1. The Kier molecular flexibility index (Phi) is 5.57. The molecule has 0 fully saturated rings. The first kappa shape index (κ1) is 16.9. The van der Waals surface area contributed by atoms with Gasteiger partial charge in [0.25, 0.3) is 0 Å². The third-order valence-electron chi connectivity index (χ3n) is 4.06. The van der Waals surface area contributed by atoms with Gasteiger partial charge in [-0.1, -0.05) is 66.8 Å². The van der Waals surface area contributed by atoms with Gasteiger partial charge in [0.15, 0.2) is 0 Å². The SMILES string of the molecule is O=C(CC1=CC=C(c2ccccc2)CC=C1)NCc1cccc(F)c1. The zero-order valence-electron chi connectivity index (χ0n) is 13.9. The van der Waals surface area contributed by atoms with Crippen LogP contribution in [0.2, 0.25) is 0 Å². The molecule has 2 aromatic rings. The summed E-state index contributed by atoms with van der Waals surface area (Å²) in [5, 5.41) is 2.84. The molecule has 2 nitrogen and oxygen atoms in total. The Balaban J connectivity index is 1.59. The van der Waals surface area contributed by atoms with Crippen molar-refractivity contribution in [2.45, 2.75) is 19.4 Å². The summed E-state index contributed by atoms with van der Waals surface area (Å²) in [6.45, 7) is 0.332. The van der Waals surface area contributed by atoms with Crippen LogP contribution >= 0.6 is 0 Å². The second-order valence-corrected chi connectivity index (χ2v) is 5.99. The van der Waals surface area contributed by atoms with Crippen molar-refractivity contribution in [2.24, 2.45) is 0 Å². The van der Waals surface area contributed by atoms with Gasteiger partial charge in [0.2, 0.25) is 5.91 Å². The van der Waals surface area contributed by atoms with E-state index in [0.717, 1.165) is 17.6 Å². The first-order chi connectivity index (χ1) is 12.2. The van der Waals surface area contributed by atoms with E-state index in [-0.39, 0.29) is 11.7 Å². The van der Waals surface area contributed by atoms with Crippen LogP contribution in [-0.2, 0) is 11.3 Å². The highest BCUT2D eigenvalue weighted by Gasteiger charge is 2.07. The van der Waals surface area contributed by atoms with E-state index in [4.69, 9.17) is 0 Å². The zero-order valence-corrected chi connectivity index (χ0v) is 13.9. The maximum Gasteiger partial charge on any atom is 0.224 e. The Morgan fingerprint density at radius 2 is 1.88 bits per heavy atom. The van der Waals surface area contributed by atoms with Gasteiger partial charge in [-0.3, -0.25) is 4.79 Å². The number of halogens is 1. The highest BCUT2D eigenvalue weighted by molar-refractivity contribution is 5.80. The summed E-state index contributed by atoms with van der Waals surface area (Å²) in [5.74, 6) is -0.364. The minimum absolute atomic E-state index is 0.0725. The minimum atomic E-state index is -0.292. The van der Waals surface area contributed by atoms with E-state index in [0.29, 0.717) is 13.0 Å². The lowest BCUT2D eigenvalue weighted by atomic mass is 10.0. The fraction of sp³-hybridized carbons (Fsp3) is 0.136. The van der Waals surface area contributed by atoms with Crippen LogP contribution in [0.4, 0.5) is 4.39 Å². The van der Waals surface area contributed by atoms with Gasteiger partial charge in [-0.15, -0.1) is 0 Å². The molecule has 1 amide bonds. The first-order valence-corrected chi connectivity index (χ1v) is 8.33. The molecule has 0 spiro atoms. The molecule has 0 saturated heterocycles. The van der Waals surface area contributed by atoms with Crippen molar-refractivity contribution in [3.63, 3.8) is 0 Å². The van der Waals surface area contributed by atoms with Crippen LogP contribution in [0.15, 0.2) is 84.5 Å². The molecule has 1 aliphatic rings. The Morgan fingerprint density at radius 1 is 1.04 bits per heavy atom. The number of rotatable bonds is 5. The van der Waals surface area contributed by atoms with E-state index >= 15 is 0 Å². The molecule has 0 unspecified atom stereocenters. The van der Waals surface area contributed by atoms with Gasteiger partial charge in [0.1, 0.15) is 5.82 Å². The van der Waals surface area contributed by atoms with Crippen LogP contribution in [0.25, 0.3) is 5.57 Å². The molecule has 3 heteroatoms. The summed E-state index contributed by atoms with van der Waals surface area (Å²) in [4.78, 5) is 12.1. The average molecular weight is 333 g/mol. The van der Waals surface area contributed by atoms with Crippen LogP contribution in [-0.4, -0.2) is 5.91 Å². The van der Waals surface area contributed by atoms with Crippen LogP contribution in [0.3, 0.4) is 0 Å². The first-order valence-electron chi connectivity index (χ1n) is 8.33. The highest BCUT2D eigenvalue weighted by Crippen LogP contribution is 2.22. The molecule has 126 valence electrons. The van der Waals surface area contributed by atoms with E-state index in [2.05, 4.69) is 29.6 Å². The van der Waals surface area contributed by atoms with Gasteiger partial charge in [0.05, 0.1) is 6.42 Å². The standard InChI is InChI=1S/C22H20FNO/c23-21-11-5-7-18(14-21)16-24-22(25)15-17-6-4-10-20(13-12-17)19-8-2-1-3-9-19/h1-9,11-14H,10,15-16H2,(H,24,25). The molecule has 1 N–H and O–H groups in total. The molecule has 25 heavy (non-hydrogen) atoms. The lowest BCUT2D eigenvalue weighted by molar-refractivity contribution is -0.120. The van der Waals surface area contributed by atoms with Crippen molar-refractivity contribution in [2.75, 3.05) is 0 Å². The number of carbonyl (C=O) groups excluding carboxylic acids is 1. The number of nitrogens with one attached hydrogen (secondary N) is 1. The normalized spacial score (nSPS) is 13.6. The lowest BCUT2D eigenvalue weighted by Crippen LogP contribution is -2.22. The van der Waals surface area contributed by atoms with Crippen LogP contribution in [0.1, 0.15) is 24.0 Å². The van der Waals surface area contributed by atoms with E-state index < -0.39 is 0 Å². The van der Waals surface area contributed by atoms with E-state index in [9.17, 15) is 9.18 Å². The van der Waals surface area contributed by atoms with Gasteiger partial charge >= 0.3 is 0 Å². The van der Waals surface area contributed by atoms with E-state index in [1.807, 2.05) is 30.4 Å². The highest BCUT2D eigenvalue weighted by atomic mass is 19.1. The lowest BCUT2D eigenvalue weighted by Gasteiger charge is -2.06. The van der Waals surface area contributed by atoms with Crippen molar-refractivity contribution in [1.29, 1.82) is 0 Å². The Bertz CT molecular complexity index is 834. The Hall–Kier alpha value is -2.94. The fourth-order valence-corrected chi connectivity index (χ4v) is 2.75. The molecule has 0 heterocycles. The summed E-state index contributed by atoms with van der Waals surface area (Å²) >= 11 is 0. The number of carbonyl (C=O) groups is 1. The molecule has 0 saturated carbocycles. The molecular weight excluding hydrogens is 313 g/mol. The third kappa shape index (κ3) is 5.01. The summed E-state index contributed by atoms with van der Waals surface area (Å²) < 4.78 is 13.1. The molecule has 3 rings (SSSR count). The predicted octanol–water partition coefficient (Wildman–Crippen LogP) is 4.80. The fourth-order valence-electron chi connectivity index (χ4n) is 2.75. The van der Waals surface area contributed by atoms with Gasteiger partial charge in [-0.25, -0.2) is 4.39 Å². The van der Waals surface area contributed by atoms with Gasteiger partial charge in [-0.05, 0) is 40.8 Å². The van der Waals surface area contributed by atoms with Crippen molar-refractivity contribution in [3.8, 4) is 0 Å². The topological polar surface area (TPSA) is 29.1 Å². The molecule has 1 aliphatic carbocycles. The van der Waals surface area contributed by atoms with Crippen LogP contribution in [0, 0.1) is 5.82 Å². The van der Waals surface area contributed by atoms with Crippen LogP contribution < -0.4 is 5.32 Å². The zero-order chi connectivity index (χ0) is 17.5. The molecule has 0 aliphatic heterocycles. The van der Waals surface area contributed by atoms with Crippen LogP contribution in [0.5, 0.6) is 0 Å². The predicted molar refractivity (Wildman–Crippen MR) is 99.1 cm³/mol. The number of hydrogen-bond acceptors (Lipinski definition) is 1. The molecule has 0 radical (unpaired) electrons. The number of hydrogen-bond donors (Lipinski definition) is 1. The third-order valence-corrected chi connectivity index (χ3v) is 4.06. The van der Waals surface area contributed by atoms with Crippen molar-refractivity contribution in [3.05, 3.63) is 101 Å². The van der Waals surface area contributed by atoms with Gasteiger partial charge in [-0.2, -0.15) is 0 Å². The second kappa shape index (κ2) is 8.25. The minimum Gasteiger partial charge on any atom is -0.352 e. The maximum absolute atomic E-state index is 13.1.